The van der Waals surface area contributed by atoms with Crippen molar-refractivity contribution in [3.8, 4) is 28.7 Å². The van der Waals surface area contributed by atoms with E-state index in [-0.39, 0.29) is 0 Å². The molecule has 2 aromatic heterocycles. The molecule has 0 amide bonds. The molecule has 0 bridgehead atoms. The monoisotopic (exact) mass is 792 g/mol. The molecule has 0 aliphatic carbocycles. The van der Waals surface area contributed by atoms with E-state index in [0.29, 0.717) is 17.6 Å². The Morgan fingerprint density at radius 1 is 0.305 bits per heavy atom. The van der Waals surface area contributed by atoms with E-state index < -0.39 is 0 Å². The zero-order valence-electron chi connectivity index (χ0n) is 31.5. The van der Waals surface area contributed by atoms with Crippen LogP contribution in [0.3, 0.4) is 0 Å². The lowest BCUT2D eigenvalue weighted by Gasteiger charge is -2.34. The van der Waals surface area contributed by atoms with E-state index in [9.17, 15) is 0 Å². The number of hydrogen-bond donors (Lipinski definition) is 0. The van der Waals surface area contributed by atoms with Crippen LogP contribution in [0.4, 0.5) is 34.1 Å². The lowest BCUT2D eigenvalue weighted by atomic mass is 10.1. The fourth-order valence-electron chi connectivity index (χ4n) is 8.49. The number of aromatic nitrogens is 4. The molecule has 0 N–H and O–H groups in total. The smallest absolute Gasteiger partial charge is 0.238 e. The highest BCUT2D eigenvalue weighted by Crippen LogP contribution is 2.54. The number of benzene rings is 8. The van der Waals surface area contributed by atoms with Gasteiger partial charge in [0.05, 0.1) is 45.2 Å². The van der Waals surface area contributed by atoms with E-state index in [2.05, 4.69) is 208 Å². The van der Waals surface area contributed by atoms with Gasteiger partial charge in [-0.05, 0) is 84.9 Å². The molecule has 0 saturated carbocycles. The minimum Gasteiger partial charge on any atom is -0.307 e. The molecule has 8 aromatic carbocycles. The van der Waals surface area contributed by atoms with Gasteiger partial charge in [0, 0.05) is 41.5 Å². The Hall–Kier alpha value is -7.13. The van der Waals surface area contributed by atoms with Crippen LogP contribution in [0.2, 0.25) is 0 Å². The molecule has 2 aliphatic rings. The van der Waals surface area contributed by atoms with E-state index >= 15 is 0 Å². The molecule has 0 radical (unpaired) electrons. The first-order valence-electron chi connectivity index (χ1n) is 19.5. The summed E-state index contributed by atoms with van der Waals surface area (Å²) in [5, 5.41) is 2.29. The normalized spacial score (nSPS) is 12.9. The summed E-state index contributed by atoms with van der Waals surface area (Å²) in [6.45, 7) is 0. The van der Waals surface area contributed by atoms with Crippen LogP contribution in [0.1, 0.15) is 0 Å². The number of hydrogen-bond acceptors (Lipinski definition) is 7. The highest BCUT2D eigenvalue weighted by Gasteiger charge is 2.30. The third-order valence-corrected chi connectivity index (χ3v) is 13.3. The predicted molar refractivity (Wildman–Crippen MR) is 243 cm³/mol. The zero-order chi connectivity index (χ0) is 38.9. The lowest BCUT2D eigenvalue weighted by molar-refractivity contribution is 0.952. The first-order chi connectivity index (χ1) is 29.3. The van der Waals surface area contributed by atoms with Crippen molar-refractivity contribution < 1.29 is 0 Å². The van der Waals surface area contributed by atoms with E-state index in [1.807, 2.05) is 0 Å². The number of nitrogens with zero attached hydrogens (tertiary/aromatic N) is 6. The van der Waals surface area contributed by atoms with Gasteiger partial charge in [0.2, 0.25) is 5.95 Å². The Labute approximate surface area is 349 Å². The van der Waals surface area contributed by atoms with Gasteiger partial charge in [-0.1, -0.05) is 133 Å². The Morgan fingerprint density at radius 3 is 1.03 bits per heavy atom. The molecule has 0 atom stereocenters. The average molecular weight is 793 g/mol. The summed E-state index contributed by atoms with van der Waals surface area (Å²) in [6, 6.07) is 68.4. The summed E-state index contributed by atoms with van der Waals surface area (Å²) in [7, 11) is 0. The molecule has 0 unspecified atom stereocenters. The van der Waals surface area contributed by atoms with Crippen molar-refractivity contribution in [1.29, 1.82) is 0 Å². The molecule has 2 aliphatic heterocycles. The van der Waals surface area contributed by atoms with Gasteiger partial charge >= 0.3 is 0 Å². The molecule has 4 heterocycles. The Balaban J connectivity index is 1.14. The van der Waals surface area contributed by atoms with Gasteiger partial charge in [0.25, 0.3) is 0 Å². The summed E-state index contributed by atoms with van der Waals surface area (Å²) in [5.41, 5.74) is 10.3. The van der Waals surface area contributed by atoms with Gasteiger partial charge in [0.1, 0.15) is 0 Å². The Morgan fingerprint density at radius 2 is 0.627 bits per heavy atom. The quantitative estimate of drug-likeness (QED) is 0.172. The van der Waals surface area contributed by atoms with E-state index in [1.54, 1.807) is 23.5 Å². The van der Waals surface area contributed by atoms with Crippen molar-refractivity contribution in [3.05, 3.63) is 194 Å². The molecule has 6 nitrogen and oxygen atoms in total. The molecule has 59 heavy (non-hydrogen) atoms. The van der Waals surface area contributed by atoms with Crippen molar-refractivity contribution in [1.82, 2.24) is 19.5 Å². The minimum absolute atomic E-state index is 0.553. The van der Waals surface area contributed by atoms with Gasteiger partial charge in [-0.3, -0.25) is 4.57 Å². The highest BCUT2D eigenvalue weighted by molar-refractivity contribution is 8.00. The fraction of sp³-hybridized carbons (Fsp3) is 0. The maximum atomic E-state index is 5.48. The van der Waals surface area contributed by atoms with Crippen molar-refractivity contribution >= 4 is 79.5 Å². The van der Waals surface area contributed by atoms with Crippen molar-refractivity contribution in [2.45, 2.75) is 19.6 Å². The van der Waals surface area contributed by atoms with Crippen LogP contribution in [0.25, 0.3) is 50.5 Å². The fourth-order valence-corrected chi connectivity index (χ4v) is 10.6. The molecule has 0 fully saturated rings. The molecule has 0 spiro atoms. The Bertz CT molecular complexity index is 2980. The Kier molecular flexibility index (Phi) is 7.92. The SMILES string of the molecule is c1ccc2c(c1)Sc1ccccc1N2c1ccccc1-c1nc(-c2ccccc2N2c3ccccc3Sc3ccccc32)nc(-n2c3ccccc3c3ccccc32)n1. The summed E-state index contributed by atoms with van der Waals surface area (Å²) in [5.74, 6) is 1.72. The van der Waals surface area contributed by atoms with Crippen LogP contribution >= 0.6 is 23.5 Å². The maximum Gasteiger partial charge on any atom is 0.238 e. The van der Waals surface area contributed by atoms with Gasteiger partial charge in [-0.2, -0.15) is 9.97 Å². The van der Waals surface area contributed by atoms with Gasteiger partial charge in [0.15, 0.2) is 11.6 Å². The van der Waals surface area contributed by atoms with Crippen LogP contribution in [0.15, 0.2) is 214 Å². The second-order valence-corrected chi connectivity index (χ2v) is 16.6. The zero-order valence-corrected chi connectivity index (χ0v) is 33.1. The van der Waals surface area contributed by atoms with Crippen LogP contribution in [0.5, 0.6) is 0 Å². The summed E-state index contributed by atoms with van der Waals surface area (Å²) >= 11 is 3.60. The second kappa shape index (κ2) is 13.8. The van der Waals surface area contributed by atoms with Gasteiger partial charge in [-0.15, -0.1) is 0 Å². The standard InChI is InChI=1S/C51H32N6S2/c1-5-21-37-33(17-1)34-18-2-6-22-38(34)57(37)51-53-49(35-19-3-7-23-39(35)55-41-25-9-13-29-45(41)58-46-30-14-10-26-42(46)55)52-50(54-51)36-20-4-8-24-40(36)56-43-27-11-15-31-47(43)59-48-32-16-12-28-44(48)56/h1-32H. The van der Waals surface area contributed by atoms with Gasteiger partial charge in [-0.25, -0.2) is 4.98 Å². The molecule has 0 saturated heterocycles. The van der Waals surface area contributed by atoms with Crippen molar-refractivity contribution in [2.75, 3.05) is 9.80 Å². The van der Waals surface area contributed by atoms with Crippen LogP contribution in [-0.2, 0) is 0 Å². The number of fused-ring (bicyclic) bond motifs is 7. The van der Waals surface area contributed by atoms with Gasteiger partial charge < -0.3 is 9.80 Å². The largest absolute Gasteiger partial charge is 0.307 e. The number of anilines is 6. The molecule has 8 heteroatoms. The summed E-state index contributed by atoms with van der Waals surface area (Å²) in [4.78, 5) is 25.8. The third kappa shape index (κ3) is 5.48. The first kappa shape index (κ1) is 34.0. The number of para-hydroxylation sites is 8. The van der Waals surface area contributed by atoms with E-state index in [0.717, 1.165) is 67.1 Å². The molecular formula is C51H32N6S2. The third-order valence-electron chi connectivity index (χ3n) is 11.0. The highest BCUT2D eigenvalue weighted by atomic mass is 32.2. The van der Waals surface area contributed by atoms with Crippen molar-refractivity contribution in [3.63, 3.8) is 0 Å². The minimum atomic E-state index is 0.553. The lowest BCUT2D eigenvalue weighted by Crippen LogP contribution is -2.17. The molecule has 278 valence electrons. The van der Waals surface area contributed by atoms with Crippen LogP contribution in [0, 0.1) is 0 Å². The van der Waals surface area contributed by atoms with Crippen molar-refractivity contribution in [2.24, 2.45) is 0 Å². The average Bonchev–Trinajstić information content (AvgIpc) is 3.64. The molecule has 10 aromatic rings. The summed E-state index contributed by atoms with van der Waals surface area (Å²) < 4.78 is 2.19. The van der Waals surface area contributed by atoms with Crippen LogP contribution in [-0.4, -0.2) is 19.5 Å². The molecule has 12 rings (SSSR count). The topological polar surface area (TPSA) is 50.1 Å². The van der Waals surface area contributed by atoms with E-state index in [4.69, 9.17) is 15.0 Å². The second-order valence-electron chi connectivity index (χ2n) is 14.4. The summed E-state index contributed by atoms with van der Waals surface area (Å²) in [6.07, 6.45) is 0. The van der Waals surface area contributed by atoms with Crippen LogP contribution < -0.4 is 9.80 Å². The predicted octanol–water partition coefficient (Wildman–Crippen LogP) is 14.2. The molecular weight excluding hydrogens is 761 g/mol. The first-order valence-corrected chi connectivity index (χ1v) is 21.2. The van der Waals surface area contributed by atoms with E-state index in [1.165, 1.54) is 19.6 Å². The maximum absolute atomic E-state index is 5.48. The number of rotatable bonds is 5.